The molecule has 0 spiro atoms. The van der Waals surface area contributed by atoms with E-state index >= 15 is 0 Å². The van der Waals surface area contributed by atoms with Crippen molar-refractivity contribution in [3.63, 3.8) is 0 Å². The lowest BCUT2D eigenvalue weighted by Crippen LogP contribution is -2.45. The quantitative estimate of drug-likeness (QED) is 0.825. The highest BCUT2D eigenvalue weighted by Crippen LogP contribution is 2.18. The number of carbonyl (C=O) groups excluding carboxylic acids is 1. The monoisotopic (exact) mass is 290 g/mol. The number of carboxylic acids is 1. The molecule has 0 fully saturated rings. The number of hydrogen-bond donors (Lipinski definition) is 2. The number of amides is 2. The van der Waals surface area contributed by atoms with Gasteiger partial charge in [-0.1, -0.05) is 12.2 Å². The third kappa shape index (κ3) is 3.61. The van der Waals surface area contributed by atoms with Gasteiger partial charge in [0.25, 0.3) is 0 Å². The molecule has 6 heteroatoms. The van der Waals surface area contributed by atoms with Crippen molar-refractivity contribution in [2.24, 2.45) is 0 Å². The van der Waals surface area contributed by atoms with Gasteiger partial charge in [0.15, 0.2) is 0 Å². The summed E-state index contributed by atoms with van der Waals surface area (Å²) in [5.41, 5.74) is 0.740. The molecule has 0 saturated carbocycles. The Balaban J connectivity index is 2.19. The van der Waals surface area contributed by atoms with E-state index in [0.717, 1.165) is 6.42 Å². The van der Waals surface area contributed by atoms with E-state index in [0.29, 0.717) is 18.8 Å². The standard InChI is InChI=1S/C15H18N2O4/c18-11-10-17(15(21)16-8-2-1-3-9-16)13-6-4-12(5-7-13)14(19)20/h1-2,4-7,18H,3,8-11H2,(H,19,20). The van der Waals surface area contributed by atoms with Gasteiger partial charge in [-0.15, -0.1) is 0 Å². The number of carboxylic acid groups (broad SMARTS) is 1. The minimum atomic E-state index is -1.01. The highest BCUT2D eigenvalue weighted by molar-refractivity contribution is 5.93. The third-order valence-electron chi connectivity index (χ3n) is 3.31. The molecular weight excluding hydrogens is 272 g/mol. The molecule has 2 amide bonds. The van der Waals surface area contributed by atoms with Crippen molar-refractivity contribution in [2.45, 2.75) is 6.42 Å². The summed E-state index contributed by atoms with van der Waals surface area (Å²) in [5, 5.41) is 18.1. The Hall–Kier alpha value is -2.34. The van der Waals surface area contributed by atoms with Crippen LogP contribution in [0.4, 0.5) is 10.5 Å². The Morgan fingerprint density at radius 3 is 2.43 bits per heavy atom. The maximum Gasteiger partial charge on any atom is 0.335 e. The van der Waals surface area contributed by atoms with Gasteiger partial charge in [-0.05, 0) is 30.7 Å². The number of carbonyl (C=O) groups is 2. The molecule has 0 atom stereocenters. The van der Waals surface area contributed by atoms with E-state index in [-0.39, 0.29) is 24.7 Å². The van der Waals surface area contributed by atoms with E-state index in [1.807, 2.05) is 12.2 Å². The molecule has 21 heavy (non-hydrogen) atoms. The van der Waals surface area contributed by atoms with Crippen molar-refractivity contribution in [3.05, 3.63) is 42.0 Å². The van der Waals surface area contributed by atoms with Gasteiger partial charge >= 0.3 is 12.0 Å². The summed E-state index contributed by atoms with van der Waals surface area (Å²) in [6.45, 7) is 1.21. The number of hydrogen-bond acceptors (Lipinski definition) is 3. The van der Waals surface area contributed by atoms with Crippen molar-refractivity contribution < 1.29 is 19.8 Å². The molecule has 0 unspecified atom stereocenters. The SMILES string of the molecule is O=C(O)c1ccc(N(CCO)C(=O)N2CC=CCC2)cc1. The average Bonchev–Trinajstić information content (AvgIpc) is 2.53. The summed E-state index contributed by atoms with van der Waals surface area (Å²) in [6, 6.07) is 5.88. The molecule has 0 radical (unpaired) electrons. The molecule has 0 saturated heterocycles. The number of anilines is 1. The van der Waals surface area contributed by atoms with Crippen LogP contribution in [-0.4, -0.2) is 53.4 Å². The predicted molar refractivity (Wildman–Crippen MR) is 78.6 cm³/mol. The molecule has 0 bridgehead atoms. The highest BCUT2D eigenvalue weighted by Gasteiger charge is 2.22. The van der Waals surface area contributed by atoms with Gasteiger partial charge in [0.2, 0.25) is 0 Å². The van der Waals surface area contributed by atoms with E-state index in [2.05, 4.69) is 0 Å². The topological polar surface area (TPSA) is 81.1 Å². The summed E-state index contributed by atoms with van der Waals surface area (Å²) in [7, 11) is 0. The molecule has 2 N–H and O–H groups in total. The Kier molecular flexibility index (Phi) is 4.94. The second-order valence-corrected chi connectivity index (χ2v) is 4.72. The normalized spacial score (nSPS) is 14.0. The van der Waals surface area contributed by atoms with Crippen molar-refractivity contribution in [1.29, 1.82) is 0 Å². The van der Waals surface area contributed by atoms with E-state index in [1.165, 1.54) is 17.0 Å². The summed E-state index contributed by atoms with van der Waals surface area (Å²) in [4.78, 5) is 26.5. The molecular formula is C15H18N2O4. The van der Waals surface area contributed by atoms with Crippen LogP contribution in [0.25, 0.3) is 0 Å². The van der Waals surface area contributed by atoms with Gasteiger partial charge in [0.05, 0.1) is 18.7 Å². The van der Waals surface area contributed by atoms with E-state index in [9.17, 15) is 9.59 Å². The van der Waals surface area contributed by atoms with Crippen LogP contribution in [0.5, 0.6) is 0 Å². The van der Waals surface area contributed by atoms with Crippen LogP contribution in [0.3, 0.4) is 0 Å². The van der Waals surface area contributed by atoms with Gasteiger partial charge in [0.1, 0.15) is 0 Å². The molecule has 1 heterocycles. The molecule has 2 rings (SSSR count). The number of rotatable bonds is 4. The summed E-state index contributed by atoms with van der Waals surface area (Å²) < 4.78 is 0. The second kappa shape index (κ2) is 6.90. The number of aliphatic hydroxyl groups excluding tert-OH is 1. The number of aromatic carboxylic acids is 1. The van der Waals surface area contributed by atoms with Crippen LogP contribution in [-0.2, 0) is 0 Å². The first-order valence-corrected chi connectivity index (χ1v) is 6.79. The minimum Gasteiger partial charge on any atom is -0.478 e. The van der Waals surface area contributed by atoms with Gasteiger partial charge in [-0.2, -0.15) is 0 Å². The van der Waals surface area contributed by atoms with Crippen LogP contribution in [0.15, 0.2) is 36.4 Å². The zero-order valence-corrected chi connectivity index (χ0v) is 11.6. The molecule has 1 aromatic rings. The molecule has 0 aliphatic carbocycles. The van der Waals surface area contributed by atoms with Crippen LogP contribution >= 0.6 is 0 Å². The maximum atomic E-state index is 12.5. The van der Waals surface area contributed by atoms with Crippen LogP contribution in [0, 0.1) is 0 Å². The van der Waals surface area contributed by atoms with Crippen molar-refractivity contribution >= 4 is 17.7 Å². The summed E-state index contributed by atoms with van der Waals surface area (Å²) in [6.07, 6.45) is 4.78. The van der Waals surface area contributed by atoms with E-state index in [1.54, 1.807) is 17.0 Å². The largest absolute Gasteiger partial charge is 0.478 e. The highest BCUT2D eigenvalue weighted by atomic mass is 16.4. The lowest BCUT2D eigenvalue weighted by atomic mass is 10.2. The fraction of sp³-hybridized carbons (Fsp3) is 0.333. The first-order valence-electron chi connectivity index (χ1n) is 6.79. The van der Waals surface area contributed by atoms with Gasteiger partial charge < -0.3 is 15.1 Å². The fourth-order valence-electron chi connectivity index (χ4n) is 2.20. The van der Waals surface area contributed by atoms with E-state index < -0.39 is 5.97 Å². The number of benzene rings is 1. The fourth-order valence-corrected chi connectivity index (χ4v) is 2.20. The van der Waals surface area contributed by atoms with Crippen LogP contribution in [0.2, 0.25) is 0 Å². The Morgan fingerprint density at radius 1 is 1.19 bits per heavy atom. The smallest absolute Gasteiger partial charge is 0.335 e. The first kappa shape index (κ1) is 15.1. The second-order valence-electron chi connectivity index (χ2n) is 4.72. The van der Waals surface area contributed by atoms with Gasteiger partial charge in [-0.3, -0.25) is 4.90 Å². The predicted octanol–water partition coefficient (Wildman–Crippen LogP) is 1.57. The minimum absolute atomic E-state index is 0.157. The van der Waals surface area contributed by atoms with Crippen molar-refractivity contribution in [1.82, 2.24) is 4.90 Å². The Bertz CT molecular complexity index is 539. The molecule has 1 aliphatic rings. The molecule has 112 valence electrons. The van der Waals surface area contributed by atoms with Gasteiger partial charge in [-0.25, -0.2) is 9.59 Å². The van der Waals surface area contributed by atoms with Crippen LogP contribution in [0.1, 0.15) is 16.8 Å². The molecule has 0 aromatic heterocycles. The molecule has 1 aliphatic heterocycles. The van der Waals surface area contributed by atoms with Crippen molar-refractivity contribution in [3.8, 4) is 0 Å². The van der Waals surface area contributed by atoms with E-state index in [4.69, 9.17) is 10.2 Å². The number of nitrogens with zero attached hydrogens (tertiary/aromatic N) is 2. The third-order valence-corrected chi connectivity index (χ3v) is 3.31. The molecule has 1 aromatic carbocycles. The first-order chi connectivity index (χ1) is 10.1. The zero-order valence-electron chi connectivity index (χ0n) is 11.6. The Morgan fingerprint density at radius 2 is 1.90 bits per heavy atom. The zero-order chi connectivity index (χ0) is 15.2. The summed E-state index contributed by atoms with van der Waals surface area (Å²) >= 11 is 0. The lowest BCUT2D eigenvalue weighted by Gasteiger charge is -2.31. The van der Waals surface area contributed by atoms with Gasteiger partial charge in [0, 0.05) is 18.8 Å². The summed E-state index contributed by atoms with van der Waals surface area (Å²) in [5.74, 6) is -1.01. The van der Waals surface area contributed by atoms with Crippen molar-refractivity contribution in [2.75, 3.05) is 31.1 Å². The number of urea groups is 1. The Labute approximate surface area is 122 Å². The van der Waals surface area contributed by atoms with Crippen LogP contribution < -0.4 is 4.90 Å². The maximum absolute atomic E-state index is 12.5. The average molecular weight is 290 g/mol. The lowest BCUT2D eigenvalue weighted by molar-refractivity contribution is 0.0697. The number of aliphatic hydroxyl groups is 1. The molecule has 6 nitrogen and oxygen atoms in total.